The lowest BCUT2D eigenvalue weighted by Crippen LogP contribution is -2.47. The molecular weight excluding hydrogens is 388 g/mol. The van der Waals surface area contributed by atoms with Crippen molar-refractivity contribution in [2.75, 3.05) is 19.7 Å². The van der Waals surface area contributed by atoms with Crippen molar-refractivity contribution in [3.05, 3.63) is 77.4 Å². The van der Waals surface area contributed by atoms with Crippen LogP contribution in [0.3, 0.4) is 0 Å². The fourth-order valence-electron chi connectivity index (χ4n) is 4.15. The van der Waals surface area contributed by atoms with Crippen molar-refractivity contribution in [1.82, 2.24) is 10.2 Å². The minimum Gasteiger partial charge on any atom is -0.484 e. The van der Waals surface area contributed by atoms with E-state index in [-0.39, 0.29) is 24.5 Å². The third kappa shape index (κ3) is 4.88. The Kier molecular flexibility index (Phi) is 6.21. The molecule has 1 N–H and O–H groups in total. The predicted molar refractivity (Wildman–Crippen MR) is 122 cm³/mol. The Morgan fingerprint density at radius 2 is 1.74 bits per heavy atom. The van der Waals surface area contributed by atoms with E-state index in [9.17, 15) is 9.59 Å². The zero-order valence-electron chi connectivity index (χ0n) is 18.1. The quantitative estimate of drug-likeness (QED) is 0.676. The Balaban J connectivity index is 1.29. The largest absolute Gasteiger partial charge is 0.484 e. The molecule has 1 heterocycles. The number of aryl methyl sites for hydroxylation is 2. The van der Waals surface area contributed by atoms with Crippen molar-refractivity contribution in [3.8, 4) is 5.75 Å². The number of hydrogen-bond donors (Lipinski definition) is 1. The highest BCUT2D eigenvalue weighted by Crippen LogP contribution is 2.21. The lowest BCUT2D eigenvalue weighted by Gasteiger charge is -2.32. The molecule has 3 aromatic rings. The van der Waals surface area contributed by atoms with Crippen LogP contribution in [0.5, 0.6) is 5.75 Å². The average molecular weight is 417 g/mol. The normalized spacial score (nSPS) is 14.5. The molecule has 3 aromatic carbocycles. The number of benzene rings is 3. The van der Waals surface area contributed by atoms with Crippen LogP contribution >= 0.6 is 0 Å². The van der Waals surface area contributed by atoms with Crippen molar-refractivity contribution in [2.24, 2.45) is 0 Å². The fraction of sp³-hybridized carbons (Fsp3) is 0.308. The lowest BCUT2D eigenvalue weighted by molar-refractivity contribution is -0.134. The number of amides is 2. The number of hydrogen-bond acceptors (Lipinski definition) is 3. The molecule has 0 radical (unpaired) electrons. The van der Waals surface area contributed by atoms with Gasteiger partial charge in [-0.05, 0) is 55.2 Å². The Hall–Kier alpha value is -3.34. The summed E-state index contributed by atoms with van der Waals surface area (Å²) in [4.78, 5) is 27.2. The topological polar surface area (TPSA) is 58.6 Å². The zero-order valence-corrected chi connectivity index (χ0v) is 18.1. The summed E-state index contributed by atoms with van der Waals surface area (Å²) in [5, 5.41) is 5.16. The van der Waals surface area contributed by atoms with Crippen molar-refractivity contribution in [3.63, 3.8) is 0 Å². The van der Waals surface area contributed by atoms with Gasteiger partial charge in [0.1, 0.15) is 5.75 Å². The number of rotatable bonds is 5. The van der Waals surface area contributed by atoms with Gasteiger partial charge in [0, 0.05) is 24.7 Å². The zero-order chi connectivity index (χ0) is 21.8. The molecule has 5 heteroatoms. The van der Waals surface area contributed by atoms with Gasteiger partial charge in [0.15, 0.2) is 6.61 Å². The third-order valence-corrected chi connectivity index (χ3v) is 5.90. The second-order valence-electron chi connectivity index (χ2n) is 8.21. The summed E-state index contributed by atoms with van der Waals surface area (Å²) in [6, 6.07) is 19.7. The summed E-state index contributed by atoms with van der Waals surface area (Å²) in [5.74, 6) is 0.676. The minimum absolute atomic E-state index is 0.0150. The van der Waals surface area contributed by atoms with Crippen molar-refractivity contribution in [2.45, 2.75) is 32.7 Å². The summed E-state index contributed by atoms with van der Waals surface area (Å²) >= 11 is 0. The van der Waals surface area contributed by atoms with E-state index in [2.05, 4.69) is 5.32 Å². The number of ether oxygens (including phenoxy) is 1. The molecule has 0 spiro atoms. The highest BCUT2D eigenvalue weighted by molar-refractivity contribution is 6.07. The smallest absolute Gasteiger partial charge is 0.260 e. The highest BCUT2D eigenvalue weighted by Gasteiger charge is 2.25. The molecule has 1 fully saturated rings. The van der Waals surface area contributed by atoms with Crippen LogP contribution in [0.2, 0.25) is 0 Å². The summed E-state index contributed by atoms with van der Waals surface area (Å²) in [7, 11) is 0. The van der Waals surface area contributed by atoms with E-state index in [0.717, 1.165) is 34.9 Å². The first-order valence-corrected chi connectivity index (χ1v) is 10.8. The molecule has 5 nitrogen and oxygen atoms in total. The van der Waals surface area contributed by atoms with Crippen LogP contribution in [0.4, 0.5) is 0 Å². The van der Waals surface area contributed by atoms with Gasteiger partial charge in [0.25, 0.3) is 11.8 Å². The van der Waals surface area contributed by atoms with Gasteiger partial charge in [-0.1, -0.05) is 54.1 Å². The molecule has 0 atom stereocenters. The van der Waals surface area contributed by atoms with Gasteiger partial charge in [0.05, 0.1) is 0 Å². The molecule has 1 aliphatic heterocycles. The predicted octanol–water partition coefficient (Wildman–Crippen LogP) is 4.26. The van der Waals surface area contributed by atoms with Crippen LogP contribution in [-0.4, -0.2) is 42.5 Å². The molecular formula is C26H28N2O3. The maximum absolute atomic E-state index is 12.8. The van der Waals surface area contributed by atoms with Crippen molar-refractivity contribution in [1.29, 1.82) is 0 Å². The van der Waals surface area contributed by atoms with Crippen molar-refractivity contribution >= 4 is 22.6 Å². The van der Waals surface area contributed by atoms with Gasteiger partial charge >= 0.3 is 0 Å². The van der Waals surface area contributed by atoms with Gasteiger partial charge < -0.3 is 15.0 Å². The molecule has 0 unspecified atom stereocenters. The number of carbonyl (C=O) groups is 2. The van der Waals surface area contributed by atoms with E-state index in [1.54, 1.807) is 0 Å². The average Bonchev–Trinajstić information content (AvgIpc) is 2.78. The fourth-order valence-corrected chi connectivity index (χ4v) is 4.15. The van der Waals surface area contributed by atoms with Gasteiger partial charge in [-0.25, -0.2) is 0 Å². The first-order chi connectivity index (χ1) is 15.0. The number of nitrogens with zero attached hydrogens (tertiary/aromatic N) is 1. The molecule has 1 saturated heterocycles. The molecule has 0 saturated carbocycles. The van der Waals surface area contributed by atoms with E-state index < -0.39 is 0 Å². The van der Waals surface area contributed by atoms with E-state index >= 15 is 0 Å². The molecule has 0 aliphatic carbocycles. The molecule has 0 aromatic heterocycles. The van der Waals surface area contributed by atoms with Crippen LogP contribution in [0.25, 0.3) is 10.8 Å². The second kappa shape index (κ2) is 9.21. The highest BCUT2D eigenvalue weighted by atomic mass is 16.5. The standard InChI is InChI=1S/C26H28N2O3/c1-18-10-11-24(19(2)16-18)31-17-25(29)28-14-12-21(13-15-28)27-26(30)23-9-5-7-20-6-3-4-8-22(20)23/h3-11,16,21H,12-15,17H2,1-2H3,(H,27,30). The van der Waals surface area contributed by atoms with Crippen LogP contribution < -0.4 is 10.1 Å². The Morgan fingerprint density at radius 1 is 1.00 bits per heavy atom. The Morgan fingerprint density at radius 3 is 2.52 bits per heavy atom. The molecule has 4 rings (SSSR count). The van der Waals surface area contributed by atoms with Gasteiger partial charge in [-0.3, -0.25) is 9.59 Å². The number of fused-ring (bicyclic) bond motifs is 1. The number of carbonyl (C=O) groups excluding carboxylic acids is 2. The summed E-state index contributed by atoms with van der Waals surface area (Å²) in [5.41, 5.74) is 2.89. The maximum atomic E-state index is 12.8. The van der Waals surface area contributed by atoms with Crippen LogP contribution in [0.15, 0.2) is 60.7 Å². The molecule has 1 aliphatic rings. The van der Waals surface area contributed by atoms with Crippen molar-refractivity contribution < 1.29 is 14.3 Å². The second-order valence-corrected chi connectivity index (χ2v) is 8.21. The first kappa shape index (κ1) is 20.9. The monoisotopic (exact) mass is 416 g/mol. The Bertz CT molecular complexity index is 1100. The van der Waals surface area contributed by atoms with Gasteiger partial charge in [-0.15, -0.1) is 0 Å². The van der Waals surface area contributed by atoms with E-state index in [4.69, 9.17) is 4.74 Å². The molecule has 0 bridgehead atoms. The number of likely N-dealkylation sites (tertiary alicyclic amines) is 1. The summed E-state index contributed by atoms with van der Waals surface area (Å²) in [6.45, 7) is 5.30. The van der Waals surface area contributed by atoms with E-state index in [1.165, 1.54) is 5.56 Å². The SMILES string of the molecule is Cc1ccc(OCC(=O)N2CCC(NC(=O)c3cccc4ccccc34)CC2)c(C)c1. The van der Waals surface area contributed by atoms with E-state index in [1.807, 2.05) is 79.4 Å². The molecule has 160 valence electrons. The maximum Gasteiger partial charge on any atom is 0.260 e. The Labute approximate surface area is 183 Å². The summed E-state index contributed by atoms with van der Waals surface area (Å²) < 4.78 is 5.74. The van der Waals surface area contributed by atoms with Gasteiger partial charge in [0.2, 0.25) is 0 Å². The molecule has 31 heavy (non-hydrogen) atoms. The number of piperidine rings is 1. The lowest BCUT2D eigenvalue weighted by atomic mass is 10.0. The van der Waals surface area contributed by atoms with Crippen LogP contribution in [-0.2, 0) is 4.79 Å². The first-order valence-electron chi connectivity index (χ1n) is 10.8. The van der Waals surface area contributed by atoms with E-state index in [0.29, 0.717) is 18.7 Å². The summed E-state index contributed by atoms with van der Waals surface area (Å²) in [6.07, 6.45) is 1.48. The molecule has 2 amide bonds. The van der Waals surface area contributed by atoms with Gasteiger partial charge in [-0.2, -0.15) is 0 Å². The van der Waals surface area contributed by atoms with Crippen LogP contribution in [0.1, 0.15) is 34.3 Å². The van der Waals surface area contributed by atoms with Crippen LogP contribution in [0, 0.1) is 13.8 Å². The minimum atomic E-state index is -0.0558. The third-order valence-electron chi connectivity index (χ3n) is 5.90. The number of nitrogens with one attached hydrogen (secondary N) is 1.